The van der Waals surface area contributed by atoms with Crippen molar-refractivity contribution in [3.8, 4) is 0 Å². The molecule has 1 aromatic rings. The molecule has 0 radical (unpaired) electrons. The maximum atomic E-state index is 11.2. The monoisotopic (exact) mass is 242 g/mol. The second-order valence-electron chi connectivity index (χ2n) is 3.44. The van der Waals surface area contributed by atoms with Crippen molar-refractivity contribution in [2.45, 2.75) is 12.6 Å². The van der Waals surface area contributed by atoms with Crippen molar-refractivity contribution in [2.24, 2.45) is 7.05 Å². The normalized spacial score (nSPS) is 11.9. The third-order valence-electron chi connectivity index (χ3n) is 1.95. The molecule has 0 aliphatic carbocycles. The lowest BCUT2D eigenvalue weighted by Crippen LogP contribution is -2.41. The maximum absolute atomic E-state index is 11.2. The maximum Gasteiger partial charge on any atom is 0.334 e. The number of rotatable bonds is 5. The average molecular weight is 242 g/mol. The number of carbonyl (C=O) groups is 2. The van der Waals surface area contributed by atoms with Crippen LogP contribution < -0.4 is 10.6 Å². The molecule has 17 heavy (non-hydrogen) atoms. The van der Waals surface area contributed by atoms with Crippen LogP contribution in [0.25, 0.3) is 0 Å². The number of aliphatic hydroxyl groups excluding tert-OH is 1. The van der Waals surface area contributed by atoms with Crippen LogP contribution in [0.2, 0.25) is 0 Å². The van der Waals surface area contributed by atoms with Gasteiger partial charge in [0, 0.05) is 25.4 Å². The zero-order valence-corrected chi connectivity index (χ0v) is 9.25. The van der Waals surface area contributed by atoms with E-state index in [-0.39, 0.29) is 13.1 Å². The lowest BCUT2D eigenvalue weighted by atomic mass is 10.3. The quantitative estimate of drug-likeness (QED) is 0.510. The summed E-state index contributed by atoms with van der Waals surface area (Å²) in [4.78, 5) is 21.5. The van der Waals surface area contributed by atoms with Crippen LogP contribution in [0.4, 0.5) is 4.79 Å². The van der Waals surface area contributed by atoms with Gasteiger partial charge in [-0.05, 0) is 0 Å². The molecule has 0 aliphatic heterocycles. The van der Waals surface area contributed by atoms with E-state index in [1.54, 1.807) is 24.1 Å². The van der Waals surface area contributed by atoms with Gasteiger partial charge < -0.3 is 20.8 Å². The number of carboxylic acids is 1. The molecule has 1 rings (SSSR count). The van der Waals surface area contributed by atoms with Gasteiger partial charge in [0.15, 0.2) is 6.10 Å². The molecular weight excluding hydrogens is 228 g/mol. The van der Waals surface area contributed by atoms with Crippen molar-refractivity contribution >= 4 is 12.0 Å². The molecule has 0 aromatic carbocycles. The Bertz CT molecular complexity index is 403. The first kappa shape index (κ1) is 13.0. The molecule has 0 fully saturated rings. The van der Waals surface area contributed by atoms with E-state index in [9.17, 15) is 9.59 Å². The molecule has 0 saturated carbocycles. The Morgan fingerprint density at radius 1 is 1.53 bits per heavy atom. The number of aliphatic hydroxyl groups is 1. The first-order valence-electron chi connectivity index (χ1n) is 4.89. The number of urea groups is 1. The Labute approximate surface area is 97.2 Å². The highest BCUT2D eigenvalue weighted by atomic mass is 16.4. The van der Waals surface area contributed by atoms with E-state index in [1.165, 1.54) is 0 Å². The smallest absolute Gasteiger partial charge is 0.334 e. The molecule has 1 aromatic heterocycles. The number of aryl methyl sites for hydroxylation is 1. The minimum Gasteiger partial charge on any atom is -0.479 e. The number of hydrogen-bond acceptors (Lipinski definition) is 4. The van der Waals surface area contributed by atoms with Crippen LogP contribution in [0.1, 0.15) is 5.56 Å². The molecule has 8 heteroatoms. The molecule has 0 spiro atoms. The zero-order valence-electron chi connectivity index (χ0n) is 9.25. The van der Waals surface area contributed by atoms with E-state index in [0.717, 1.165) is 5.56 Å². The van der Waals surface area contributed by atoms with E-state index in [0.29, 0.717) is 0 Å². The van der Waals surface area contributed by atoms with Crippen molar-refractivity contribution in [1.29, 1.82) is 0 Å². The van der Waals surface area contributed by atoms with Crippen molar-refractivity contribution < 1.29 is 19.8 Å². The van der Waals surface area contributed by atoms with Crippen LogP contribution in [0.3, 0.4) is 0 Å². The fourth-order valence-corrected chi connectivity index (χ4v) is 1.08. The number of aromatic nitrogens is 2. The number of nitrogens with one attached hydrogen (secondary N) is 2. The van der Waals surface area contributed by atoms with Gasteiger partial charge in [0.1, 0.15) is 0 Å². The van der Waals surface area contributed by atoms with Gasteiger partial charge in [-0.25, -0.2) is 9.59 Å². The lowest BCUT2D eigenvalue weighted by molar-refractivity contribution is -0.146. The van der Waals surface area contributed by atoms with Gasteiger partial charge in [-0.15, -0.1) is 0 Å². The molecule has 1 heterocycles. The van der Waals surface area contributed by atoms with Crippen LogP contribution in [0.15, 0.2) is 12.4 Å². The van der Waals surface area contributed by atoms with E-state index in [4.69, 9.17) is 10.2 Å². The number of amides is 2. The second kappa shape index (κ2) is 5.85. The van der Waals surface area contributed by atoms with E-state index in [1.807, 2.05) is 0 Å². The Hall–Kier alpha value is -2.09. The van der Waals surface area contributed by atoms with Crippen LogP contribution in [-0.2, 0) is 18.4 Å². The molecule has 2 amide bonds. The van der Waals surface area contributed by atoms with E-state index < -0.39 is 18.1 Å². The van der Waals surface area contributed by atoms with Crippen LogP contribution in [-0.4, -0.2) is 44.6 Å². The topological polar surface area (TPSA) is 116 Å². The summed E-state index contributed by atoms with van der Waals surface area (Å²) in [5.41, 5.74) is 0.821. The zero-order chi connectivity index (χ0) is 12.8. The fraction of sp³-hybridized carbons (Fsp3) is 0.444. The van der Waals surface area contributed by atoms with Crippen LogP contribution >= 0.6 is 0 Å². The van der Waals surface area contributed by atoms with Crippen molar-refractivity contribution in [3.05, 3.63) is 18.0 Å². The van der Waals surface area contributed by atoms with Gasteiger partial charge in [0.2, 0.25) is 0 Å². The van der Waals surface area contributed by atoms with Gasteiger partial charge in [0.25, 0.3) is 0 Å². The molecule has 1 atom stereocenters. The van der Waals surface area contributed by atoms with Crippen molar-refractivity contribution in [1.82, 2.24) is 20.4 Å². The number of aliphatic carboxylic acids is 1. The first-order valence-corrected chi connectivity index (χ1v) is 4.89. The van der Waals surface area contributed by atoms with Crippen LogP contribution in [0.5, 0.6) is 0 Å². The van der Waals surface area contributed by atoms with E-state index >= 15 is 0 Å². The largest absolute Gasteiger partial charge is 0.479 e. The third kappa shape index (κ3) is 4.51. The number of nitrogens with zero attached hydrogens (tertiary/aromatic N) is 2. The summed E-state index contributed by atoms with van der Waals surface area (Å²) >= 11 is 0. The highest BCUT2D eigenvalue weighted by Crippen LogP contribution is 1.94. The Kier molecular flexibility index (Phi) is 4.46. The molecule has 0 aliphatic rings. The Morgan fingerprint density at radius 2 is 2.24 bits per heavy atom. The fourth-order valence-electron chi connectivity index (χ4n) is 1.08. The summed E-state index contributed by atoms with van der Waals surface area (Å²) in [6.45, 7) is -0.0585. The van der Waals surface area contributed by atoms with Gasteiger partial charge in [-0.2, -0.15) is 5.10 Å². The minimum atomic E-state index is -1.60. The summed E-state index contributed by atoms with van der Waals surface area (Å²) < 4.78 is 1.60. The summed E-state index contributed by atoms with van der Waals surface area (Å²) in [6.07, 6.45) is 1.75. The summed E-state index contributed by atoms with van der Waals surface area (Å²) in [6, 6.07) is -0.547. The molecule has 4 N–H and O–H groups in total. The van der Waals surface area contributed by atoms with Gasteiger partial charge in [-0.1, -0.05) is 0 Å². The summed E-state index contributed by atoms with van der Waals surface area (Å²) in [5, 5.41) is 25.9. The van der Waals surface area contributed by atoms with Gasteiger partial charge in [-0.3, -0.25) is 4.68 Å². The minimum absolute atomic E-state index is 0.281. The van der Waals surface area contributed by atoms with E-state index in [2.05, 4.69) is 15.7 Å². The van der Waals surface area contributed by atoms with Crippen molar-refractivity contribution in [2.75, 3.05) is 6.54 Å². The predicted octanol–water partition coefficient (Wildman–Crippen LogP) is -1.34. The number of hydrogen-bond donors (Lipinski definition) is 4. The highest BCUT2D eigenvalue weighted by molar-refractivity contribution is 5.76. The van der Waals surface area contributed by atoms with Gasteiger partial charge >= 0.3 is 12.0 Å². The Balaban J connectivity index is 2.24. The third-order valence-corrected chi connectivity index (χ3v) is 1.95. The number of carbonyl (C=O) groups excluding carboxylic acids is 1. The standard InChI is InChI=1S/C9H14N4O4/c1-13-5-6(3-12-13)2-10-9(17)11-4-7(14)8(15)16/h3,5,7,14H,2,4H2,1H3,(H,15,16)(H2,10,11,17). The summed E-state index contributed by atoms with van der Waals surface area (Å²) in [7, 11) is 1.76. The SMILES string of the molecule is Cn1cc(CNC(=O)NCC(O)C(=O)O)cn1. The Morgan fingerprint density at radius 3 is 2.76 bits per heavy atom. The average Bonchev–Trinajstić information content (AvgIpc) is 2.69. The molecule has 1 unspecified atom stereocenters. The molecule has 8 nitrogen and oxygen atoms in total. The molecule has 94 valence electrons. The second-order valence-corrected chi connectivity index (χ2v) is 3.44. The van der Waals surface area contributed by atoms with Crippen LogP contribution in [0, 0.1) is 0 Å². The first-order chi connectivity index (χ1) is 7.99. The van der Waals surface area contributed by atoms with Gasteiger partial charge in [0.05, 0.1) is 12.7 Å². The van der Waals surface area contributed by atoms with Crippen molar-refractivity contribution in [3.63, 3.8) is 0 Å². The molecular formula is C9H14N4O4. The number of carboxylic acid groups (broad SMARTS) is 1. The molecule has 0 bridgehead atoms. The lowest BCUT2D eigenvalue weighted by Gasteiger charge is -2.08. The predicted molar refractivity (Wildman–Crippen MR) is 57.1 cm³/mol. The molecule has 0 saturated heterocycles. The highest BCUT2D eigenvalue weighted by Gasteiger charge is 2.13. The summed E-state index contributed by atoms with van der Waals surface area (Å²) in [5.74, 6) is -1.38.